The van der Waals surface area contributed by atoms with Crippen molar-refractivity contribution in [3.05, 3.63) is 44.2 Å². The third kappa shape index (κ3) is 3.64. The third-order valence-electron chi connectivity index (χ3n) is 2.79. The first-order chi connectivity index (χ1) is 10.5. The van der Waals surface area contributed by atoms with Crippen LogP contribution in [-0.4, -0.2) is 29.2 Å². The number of nitrogens with zero attached hydrogens (tertiary/aromatic N) is 1. The van der Waals surface area contributed by atoms with E-state index in [4.69, 9.17) is 4.74 Å². The SMILES string of the molecule is C=CCN1C(=O)S/C(=C/c2cc(Br)c(OCC)c(Br)c2)C1=O. The molecule has 2 amide bonds. The van der Waals surface area contributed by atoms with E-state index in [2.05, 4.69) is 38.4 Å². The molecule has 1 heterocycles. The molecule has 0 aromatic heterocycles. The highest BCUT2D eigenvalue weighted by Crippen LogP contribution is 2.37. The molecule has 1 fully saturated rings. The molecule has 0 radical (unpaired) electrons. The topological polar surface area (TPSA) is 46.6 Å². The lowest BCUT2D eigenvalue weighted by Gasteiger charge is -2.10. The first-order valence-corrected chi connectivity index (χ1v) is 8.86. The monoisotopic (exact) mass is 445 g/mol. The maximum atomic E-state index is 12.2. The van der Waals surface area contributed by atoms with Gasteiger partial charge in [-0.2, -0.15) is 0 Å². The summed E-state index contributed by atoms with van der Waals surface area (Å²) in [6, 6.07) is 3.69. The largest absolute Gasteiger partial charge is 0.492 e. The van der Waals surface area contributed by atoms with Crippen molar-refractivity contribution in [1.82, 2.24) is 4.90 Å². The van der Waals surface area contributed by atoms with E-state index in [1.54, 1.807) is 6.08 Å². The molecular formula is C15H13Br2NO3S. The Morgan fingerprint density at radius 3 is 2.50 bits per heavy atom. The van der Waals surface area contributed by atoms with Crippen LogP contribution < -0.4 is 4.74 Å². The summed E-state index contributed by atoms with van der Waals surface area (Å²) in [6.45, 7) is 6.23. The number of thioether (sulfide) groups is 1. The van der Waals surface area contributed by atoms with Crippen molar-refractivity contribution in [3.63, 3.8) is 0 Å². The number of imide groups is 1. The summed E-state index contributed by atoms with van der Waals surface area (Å²) in [5, 5.41) is -0.278. The van der Waals surface area contributed by atoms with Crippen molar-refractivity contribution < 1.29 is 14.3 Å². The van der Waals surface area contributed by atoms with Crippen LogP contribution in [0.15, 0.2) is 38.6 Å². The molecular weight excluding hydrogens is 434 g/mol. The molecule has 1 aromatic rings. The van der Waals surface area contributed by atoms with Crippen molar-refractivity contribution in [2.24, 2.45) is 0 Å². The summed E-state index contributed by atoms with van der Waals surface area (Å²) < 4.78 is 7.08. The highest BCUT2D eigenvalue weighted by atomic mass is 79.9. The van der Waals surface area contributed by atoms with Gasteiger partial charge in [0.05, 0.1) is 20.5 Å². The van der Waals surface area contributed by atoms with E-state index in [9.17, 15) is 9.59 Å². The molecule has 0 saturated carbocycles. The average Bonchev–Trinajstić information content (AvgIpc) is 2.71. The molecule has 0 spiro atoms. The normalized spacial score (nSPS) is 16.5. The fraction of sp³-hybridized carbons (Fsp3) is 0.200. The molecule has 0 unspecified atom stereocenters. The molecule has 1 aliphatic heterocycles. The van der Waals surface area contributed by atoms with Crippen LogP contribution in [0.1, 0.15) is 12.5 Å². The second-order valence-corrected chi connectivity index (χ2v) is 7.03. The van der Waals surface area contributed by atoms with Gasteiger partial charge in [-0.05, 0) is 74.3 Å². The van der Waals surface area contributed by atoms with Crippen molar-refractivity contribution in [1.29, 1.82) is 0 Å². The van der Waals surface area contributed by atoms with Gasteiger partial charge in [0.1, 0.15) is 5.75 Å². The van der Waals surface area contributed by atoms with Crippen molar-refractivity contribution in [2.45, 2.75) is 6.92 Å². The van der Waals surface area contributed by atoms with Gasteiger partial charge in [0, 0.05) is 6.54 Å². The predicted octanol–water partition coefficient (Wildman–Crippen LogP) is 4.83. The Labute approximate surface area is 149 Å². The van der Waals surface area contributed by atoms with Gasteiger partial charge < -0.3 is 4.74 Å². The van der Waals surface area contributed by atoms with Crippen LogP contribution in [0.4, 0.5) is 4.79 Å². The standard InChI is InChI=1S/C15H13Br2NO3S/c1-3-5-18-14(19)12(22-15(18)20)8-9-6-10(16)13(21-4-2)11(17)7-9/h3,6-8H,1,4-5H2,2H3/b12-8+. The van der Waals surface area contributed by atoms with Crippen LogP contribution >= 0.6 is 43.6 Å². The minimum atomic E-state index is -0.295. The maximum Gasteiger partial charge on any atom is 0.293 e. The van der Waals surface area contributed by atoms with Crippen molar-refractivity contribution in [3.8, 4) is 5.75 Å². The number of carbonyl (C=O) groups excluding carboxylic acids is 2. The van der Waals surface area contributed by atoms with Gasteiger partial charge in [-0.15, -0.1) is 6.58 Å². The molecule has 1 aliphatic rings. The van der Waals surface area contributed by atoms with Gasteiger partial charge in [-0.1, -0.05) is 6.08 Å². The maximum absolute atomic E-state index is 12.2. The van der Waals surface area contributed by atoms with E-state index in [-0.39, 0.29) is 17.7 Å². The van der Waals surface area contributed by atoms with E-state index in [0.29, 0.717) is 17.3 Å². The third-order valence-corrected chi connectivity index (χ3v) is 4.88. The van der Waals surface area contributed by atoms with E-state index in [1.165, 1.54) is 11.0 Å². The molecule has 4 nitrogen and oxygen atoms in total. The number of ether oxygens (including phenoxy) is 1. The molecule has 22 heavy (non-hydrogen) atoms. The van der Waals surface area contributed by atoms with Gasteiger partial charge in [0.15, 0.2) is 0 Å². The summed E-state index contributed by atoms with van der Waals surface area (Å²) in [5.74, 6) is 0.412. The van der Waals surface area contributed by atoms with Gasteiger partial charge in [0.2, 0.25) is 0 Å². The average molecular weight is 447 g/mol. The molecule has 0 N–H and O–H groups in total. The Balaban J connectivity index is 2.32. The van der Waals surface area contributed by atoms with Crippen LogP contribution in [0, 0.1) is 0 Å². The van der Waals surface area contributed by atoms with Gasteiger partial charge >= 0.3 is 0 Å². The Kier molecular flexibility index (Phi) is 5.88. The zero-order valence-corrected chi connectivity index (χ0v) is 15.8. The van der Waals surface area contributed by atoms with Crippen LogP contribution in [0.25, 0.3) is 6.08 Å². The lowest BCUT2D eigenvalue weighted by Crippen LogP contribution is -2.27. The molecule has 0 aliphatic carbocycles. The number of hydrogen-bond acceptors (Lipinski definition) is 4. The van der Waals surface area contributed by atoms with Gasteiger partial charge in [-0.3, -0.25) is 14.5 Å². The molecule has 1 aromatic carbocycles. The predicted molar refractivity (Wildman–Crippen MR) is 95.9 cm³/mol. The molecule has 7 heteroatoms. The van der Waals surface area contributed by atoms with E-state index < -0.39 is 0 Å². The molecule has 1 saturated heterocycles. The summed E-state index contributed by atoms with van der Waals surface area (Å²) in [4.78, 5) is 25.5. The molecule has 0 atom stereocenters. The molecule has 2 rings (SSSR count). The van der Waals surface area contributed by atoms with E-state index in [1.807, 2.05) is 19.1 Å². The summed E-state index contributed by atoms with van der Waals surface area (Å²) in [7, 11) is 0. The number of rotatable bonds is 5. The smallest absolute Gasteiger partial charge is 0.293 e. The quantitative estimate of drug-likeness (QED) is 0.479. The lowest BCUT2D eigenvalue weighted by atomic mass is 10.2. The molecule has 0 bridgehead atoms. The summed E-state index contributed by atoms with van der Waals surface area (Å²) in [5.41, 5.74) is 0.798. The molecule has 116 valence electrons. The van der Waals surface area contributed by atoms with Crippen LogP contribution in [0.2, 0.25) is 0 Å². The van der Waals surface area contributed by atoms with E-state index >= 15 is 0 Å². The van der Waals surface area contributed by atoms with Crippen LogP contribution in [-0.2, 0) is 4.79 Å². The number of benzene rings is 1. The van der Waals surface area contributed by atoms with Crippen molar-refractivity contribution >= 4 is 60.8 Å². The second-order valence-electron chi connectivity index (χ2n) is 4.33. The Hall–Kier alpha value is -1.05. The fourth-order valence-corrected chi connectivity index (χ4v) is 4.18. The van der Waals surface area contributed by atoms with Gasteiger partial charge in [-0.25, -0.2) is 0 Å². The number of hydrogen-bond donors (Lipinski definition) is 0. The van der Waals surface area contributed by atoms with Crippen LogP contribution in [0.5, 0.6) is 5.75 Å². The zero-order chi connectivity index (χ0) is 16.3. The first kappa shape index (κ1) is 17.3. The summed E-state index contributed by atoms with van der Waals surface area (Å²) in [6.07, 6.45) is 3.22. The van der Waals surface area contributed by atoms with E-state index in [0.717, 1.165) is 26.3 Å². The fourth-order valence-electron chi connectivity index (χ4n) is 1.88. The van der Waals surface area contributed by atoms with Crippen LogP contribution in [0.3, 0.4) is 0 Å². The zero-order valence-electron chi connectivity index (χ0n) is 11.8. The highest BCUT2D eigenvalue weighted by molar-refractivity contribution is 9.11. The number of halogens is 2. The highest BCUT2D eigenvalue weighted by Gasteiger charge is 2.34. The first-order valence-electron chi connectivity index (χ1n) is 6.46. The Morgan fingerprint density at radius 1 is 1.32 bits per heavy atom. The minimum absolute atomic E-state index is 0.221. The second kappa shape index (κ2) is 7.48. The van der Waals surface area contributed by atoms with Gasteiger partial charge in [0.25, 0.3) is 11.1 Å². The number of carbonyl (C=O) groups is 2. The minimum Gasteiger partial charge on any atom is -0.492 e. The number of amides is 2. The Bertz CT molecular complexity index is 650. The van der Waals surface area contributed by atoms with Crippen molar-refractivity contribution in [2.75, 3.05) is 13.2 Å². The lowest BCUT2D eigenvalue weighted by molar-refractivity contribution is -0.122. The summed E-state index contributed by atoms with van der Waals surface area (Å²) >= 11 is 7.82. The Morgan fingerprint density at radius 2 is 1.95 bits per heavy atom.